The fourth-order valence-corrected chi connectivity index (χ4v) is 2.02. The number of aromatic hydroxyl groups is 1. The fraction of sp³-hybridized carbons (Fsp3) is 0.533. The van der Waals surface area contributed by atoms with Gasteiger partial charge in [0, 0.05) is 29.1 Å². The summed E-state index contributed by atoms with van der Waals surface area (Å²) in [6.07, 6.45) is -0.524. The van der Waals surface area contributed by atoms with Crippen LogP contribution in [0.2, 0.25) is 5.02 Å². The molecule has 0 saturated heterocycles. The number of rotatable bonds is 4. The molecule has 1 aromatic carbocycles. The lowest BCUT2D eigenvalue weighted by atomic mass is 9.82. The highest BCUT2D eigenvalue weighted by Gasteiger charge is 2.29. The zero-order valence-electron chi connectivity index (χ0n) is 12.9. The van der Waals surface area contributed by atoms with Crippen molar-refractivity contribution in [2.75, 3.05) is 13.1 Å². The van der Waals surface area contributed by atoms with Crippen LogP contribution in [0.1, 0.15) is 33.3 Å². The van der Waals surface area contributed by atoms with Gasteiger partial charge in [-0.25, -0.2) is 4.79 Å². The van der Waals surface area contributed by atoms with E-state index in [0.717, 1.165) is 0 Å². The quantitative estimate of drug-likeness (QED) is 0.798. The van der Waals surface area contributed by atoms with Crippen LogP contribution >= 0.6 is 11.6 Å². The first kappa shape index (κ1) is 17.6. The van der Waals surface area contributed by atoms with E-state index in [9.17, 15) is 9.90 Å². The van der Waals surface area contributed by atoms with Gasteiger partial charge >= 0.3 is 6.09 Å². The number of nitrogens with two attached hydrogens (primary N) is 1. The van der Waals surface area contributed by atoms with Gasteiger partial charge in [0.2, 0.25) is 0 Å². The summed E-state index contributed by atoms with van der Waals surface area (Å²) < 4.78 is 5.19. The van der Waals surface area contributed by atoms with Gasteiger partial charge in [0.25, 0.3) is 0 Å². The summed E-state index contributed by atoms with van der Waals surface area (Å²) in [5.74, 6) is 0.0957. The summed E-state index contributed by atoms with van der Waals surface area (Å²) >= 11 is 5.97. The van der Waals surface area contributed by atoms with Crippen LogP contribution in [0.3, 0.4) is 0 Å². The van der Waals surface area contributed by atoms with Crippen LogP contribution in [0.4, 0.5) is 4.79 Å². The van der Waals surface area contributed by atoms with Crippen molar-refractivity contribution in [3.05, 3.63) is 28.8 Å². The third-order valence-electron chi connectivity index (χ3n) is 3.08. The topological polar surface area (TPSA) is 84.6 Å². The summed E-state index contributed by atoms with van der Waals surface area (Å²) in [6, 6.07) is 4.76. The second-order valence-corrected chi connectivity index (χ2v) is 6.72. The third kappa shape index (κ3) is 5.10. The van der Waals surface area contributed by atoms with Crippen LogP contribution in [0, 0.1) is 0 Å². The summed E-state index contributed by atoms with van der Waals surface area (Å²) in [4.78, 5) is 11.7. The molecule has 118 valence electrons. The van der Waals surface area contributed by atoms with Gasteiger partial charge in [-0.3, -0.25) is 0 Å². The molecule has 0 spiro atoms. The highest BCUT2D eigenvalue weighted by atomic mass is 35.5. The summed E-state index contributed by atoms with van der Waals surface area (Å²) in [5.41, 5.74) is 5.20. The Bertz CT molecular complexity index is 514. The third-order valence-corrected chi connectivity index (χ3v) is 3.32. The van der Waals surface area contributed by atoms with Crippen LogP contribution < -0.4 is 11.1 Å². The number of benzene rings is 1. The number of carbonyl (C=O) groups is 1. The summed E-state index contributed by atoms with van der Waals surface area (Å²) in [7, 11) is 0. The average molecular weight is 315 g/mol. The Morgan fingerprint density at radius 3 is 2.52 bits per heavy atom. The van der Waals surface area contributed by atoms with Crippen LogP contribution in [0.15, 0.2) is 18.2 Å². The molecule has 4 N–H and O–H groups in total. The van der Waals surface area contributed by atoms with Gasteiger partial charge in [-0.15, -0.1) is 0 Å². The average Bonchev–Trinajstić information content (AvgIpc) is 2.37. The molecule has 1 unspecified atom stereocenters. The van der Waals surface area contributed by atoms with E-state index in [1.807, 2.05) is 6.92 Å². The van der Waals surface area contributed by atoms with Crippen LogP contribution in [-0.2, 0) is 10.2 Å². The van der Waals surface area contributed by atoms with E-state index < -0.39 is 17.1 Å². The Hall–Kier alpha value is -1.46. The van der Waals surface area contributed by atoms with E-state index >= 15 is 0 Å². The molecule has 0 fully saturated rings. The number of carbonyl (C=O) groups excluding carboxylic acids is 1. The molecule has 21 heavy (non-hydrogen) atoms. The predicted octanol–water partition coefficient (Wildman–Crippen LogP) is 2.79. The minimum Gasteiger partial charge on any atom is -0.508 e. The number of hydrogen-bond donors (Lipinski definition) is 3. The van der Waals surface area contributed by atoms with Gasteiger partial charge < -0.3 is 20.9 Å². The number of ether oxygens (including phenoxy) is 1. The van der Waals surface area contributed by atoms with Gasteiger partial charge in [0.1, 0.15) is 11.4 Å². The van der Waals surface area contributed by atoms with Crippen molar-refractivity contribution in [3.8, 4) is 5.75 Å². The van der Waals surface area contributed by atoms with Crippen LogP contribution in [0.25, 0.3) is 0 Å². The standard InChI is InChI=1S/C15H23ClN2O3/c1-14(2,3)21-13(20)18-9-15(4,8-17)11-7-10(16)5-6-12(11)19/h5-7,19H,8-9,17H2,1-4H3,(H,18,20). The Morgan fingerprint density at radius 2 is 2.00 bits per heavy atom. The van der Waals surface area contributed by atoms with E-state index in [-0.39, 0.29) is 18.8 Å². The first-order valence-corrected chi connectivity index (χ1v) is 7.11. The van der Waals surface area contributed by atoms with Gasteiger partial charge in [-0.05, 0) is 39.0 Å². The molecule has 6 heteroatoms. The molecule has 0 aliphatic carbocycles. The molecule has 1 aromatic rings. The molecule has 1 amide bonds. The van der Waals surface area contributed by atoms with E-state index in [0.29, 0.717) is 10.6 Å². The van der Waals surface area contributed by atoms with Crippen LogP contribution in [0.5, 0.6) is 5.75 Å². The highest BCUT2D eigenvalue weighted by molar-refractivity contribution is 6.30. The lowest BCUT2D eigenvalue weighted by molar-refractivity contribution is 0.0516. The maximum absolute atomic E-state index is 11.7. The molecular weight excluding hydrogens is 292 g/mol. The second kappa shape index (κ2) is 6.54. The zero-order valence-corrected chi connectivity index (χ0v) is 13.6. The molecule has 0 aliphatic rings. The molecule has 1 rings (SSSR count). The summed E-state index contributed by atoms with van der Waals surface area (Å²) in [5, 5.41) is 13.2. The van der Waals surface area contributed by atoms with E-state index in [2.05, 4.69) is 5.32 Å². The maximum atomic E-state index is 11.7. The highest BCUT2D eigenvalue weighted by Crippen LogP contribution is 2.32. The monoisotopic (exact) mass is 314 g/mol. The molecule has 0 radical (unpaired) electrons. The van der Waals surface area contributed by atoms with Crippen LogP contribution in [-0.4, -0.2) is 29.9 Å². The number of halogens is 1. The molecular formula is C15H23ClN2O3. The first-order valence-electron chi connectivity index (χ1n) is 6.73. The van der Waals surface area contributed by atoms with Crippen molar-refractivity contribution in [2.45, 2.75) is 38.7 Å². The molecule has 0 heterocycles. The molecule has 0 aliphatic heterocycles. The first-order chi connectivity index (χ1) is 9.57. The smallest absolute Gasteiger partial charge is 0.407 e. The van der Waals surface area contributed by atoms with Gasteiger partial charge in [-0.1, -0.05) is 18.5 Å². The van der Waals surface area contributed by atoms with Crippen molar-refractivity contribution in [1.29, 1.82) is 0 Å². The van der Waals surface area contributed by atoms with Gasteiger partial charge in [0.15, 0.2) is 0 Å². The minimum absolute atomic E-state index is 0.0957. The van der Waals surface area contributed by atoms with Crippen molar-refractivity contribution < 1.29 is 14.6 Å². The lowest BCUT2D eigenvalue weighted by Gasteiger charge is -2.30. The maximum Gasteiger partial charge on any atom is 0.407 e. The Labute approximate surface area is 130 Å². The van der Waals surface area contributed by atoms with E-state index in [1.54, 1.807) is 32.9 Å². The fourth-order valence-electron chi connectivity index (χ4n) is 1.85. The Kier molecular flexibility index (Phi) is 5.48. The number of nitrogens with one attached hydrogen (secondary N) is 1. The molecule has 1 atom stereocenters. The van der Waals surface area contributed by atoms with Gasteiger partial charge in [0.05, 0.1) is 0 Å². The normalized spacial score (nSPS) is 14.4. The number of phenols is 1. The predicted molar refractivity (Wildman–Crippen MR) is 83.8 cm³/mol. The number of hydrogen-bond acceptors (Lipinski definition) is 4. The zero-order chi connectivity index (χ0) is 16.3. The van der Waals surface area contributed by atoms with Crippen molar-refractivity contribution in [2.24, 2.45) is 5.73 Å². The summed E-state index contributed by atoms with van der Waals surface area (Å²) in [6.45, 7) is 7.67. The SMILES string of the molecule is CC(C)(C)OC(=O)NCC(C)(CN)c1cc(Cl)ccc1O. The second-order valence-electron chi connectivity index (χ2n) is 6.28. The number of alkyl carbamates (subject to hydrolysis) is 1. The largest absolute Gasteiger partial charge is 0.508 e. The minimum atomic E-state index is -0.647. The van der Waals surface area contributed by atoms with Gasteiger partial charge in [-0.2, -0.15) is 0 Å². The molecule has 0 aromatic heterocycles. The van der Waals surface area contributed by atoms with E-state index in [4.69, 9.17) is 22.1 Å². The molecule has 5 nitrogen and oxygen atoms in total. The van der Waals surface area contributed by atoms with Crippen molar-refractivity contribution in [1.82, 2.24) is 5.32 Å². The molecule has 0 saturated carbocycles. The number of phenolic OH excluding ortho intramolecular Hbond substituents is 1. The van der Waals surface area contributed by atoms with E-state index in [1.165, 1.54) is 6.07 Å². The van der Waals surface area contributed by atoms with Crippen molar-refractivity contribution in [3.63, 3.8) is 0 Å². The Balaban J connectivity index is 2.86. The lowest BCUT2D eigenvalue weighted by Crippen LogP contribution is -2.45. The van der Waals surface area contributed by atoms with Crippen molar-refractivity contribution >= 4 is 17.7 Å². The number of amides is 1. The molecule has 0 bridgehead atoms. The Morgan fingerprint density at radius 1 is 1.38 bits per heavy atom.